The third-order valence-electron chi connectivity index (χ3n) is 5.12. The number of piperidine rings is 1. The lowest BCUT2D eigenvalue weighted by molar-refractivity contribution is -0.383. The van der Waals surface area contributed by atoms with Crippen molar-refractivity contribution in [3.63, 3.8) is 0 Å². The van der Waals surface area contributed by atoms with Crippen LogP contribution in [0.1, 0.15) is 19.8 Å². The van der Waals surface area contributed by atoms with Crippen LogP contribution in [0.15, 0.2) is 30.6 Å². The number of rotatable bonds is 10. The lowest BCUT2D eigenvalue weighted by Crippen LogP contribution is -2.37. The molecule has 2 heterocycles. The first-order valence-electron chi connectivity index (χ1n) is 10.4. The molecule has 0 amide bonds. The minimum Gasteiger partial charge on any atom is -0.497 e. The molecule has 0 unspecified atom stereocenters. The second-order valence-corrected chi connectivity index (χ2v) is 7.12. The molecule has 0 aliphatic carbocycles. The van der Waals surface area contributed by atoms with Gasteiger partial charge in [0.2, 0.25) is 11.6 Å². The highest BCUT2D eigenvalue weighted by molar-refractivity contribution is 5.74. The molecule has 1 N–H and O–H groups in total. The standard InChI is InChI=1S/C21H27N5O6/c1-3-31-21(27)15-8-11-25(12-9-15)20-18(26(28)29)19(23-14-24-20)22-10-13-32-17-6-4-16(30-2)5-7-17/h4-7,14-15H,3,8-13H2,1-2H3,(H,22,23,24). The molecule has 11 nitrogen and oxygen atoms in total. The zero-order valence-electron chi connectivity index (χ0n) is 18.2. The van der Waals surface area contributed by atoms with Gasteiger partial charge < -0.3 is 24.4 Å². The Bertz CT molecular complexity index is 915. The number of hydrogen-bond donors (Lipinski definition) is 1. The van der Waals surface area contributed by atoms with E-state index in [-0.39, 0.29) is 35.8 Å². The molecule has 172 valence electrons. The number of benzene rings is 1. The van der Waals surface area contributed by atoms with Gasteiger partial charge >= 0.3 is 11.7 Å². The second kappa shape index (κ2) is 11.1. The number of nitrogens with zero attached hydrogens (tertiary/aromatic N) is 4. The van der Waals surface area contributed by atoms with E-state index in [9.17, 15) is 14.9 Å². The van der Waals surface area contributed by atoms with Gasteiger partial charge in [0.05, 0.1) is 31.1 Å². The number of carbonyl (C=O) groups excluding carboxylic acids is 1. The Hall–Kier alpha value is -3.63. The van der Waals surface area contributed by atoms with Crippen LogP contribution >= 0.6 is 0 Å². The molecular formula is C21H27N5O6. The number of anilines is 2. The van der Waals surface area contributed by atoms with Gasteiger partial charge in [0.15, 0.2) is 0 Å². The third kappa shape index (κ3) is 5.74. The van der Waals surface area contributed by atoms with Gasteiger partial charge in [0.25, 0.3) is 0 Å². The molecule has 1 aliphatic rings. The minimum atomic E-state index is -0.487. The summed E-state index contributed by atoms with van der Waals surface area (Å²) in [5, 5.41) is 14.8. The molecule has 1 saturated heterocycles. The first-order valence-corrected chi connectivity index (χ1v) is 10.4. The molecule has 1 aromatic carbocycles. The lowest BCUT2D eigenvalue weighted by atomic mass is 9.97. The Labute approximate surface area is 185 Å². The molecule has 2 aromatic rings. The summed E-state index contributed by atoms with van der Waals surface area (Å²) < 4.78 is 15.8. The molecule has 32 heavy (non-hydrogen) atoms. The van der Waals surface area contributed by atoms with E-state index in [1.54, 1.807) is 38.3 Å². The van der Waals surface area contributed by atoms with Gasteiger partial charge in [-0.2, -0.15) is 0 Å². The maximum absolute atomic E-state index is 11.9. The van der Waals surface area contributed by atoms with Crippen LogP contribution in [0.25, 0.3) is 0 Å². The molecule has 0 bridgehead atoms. The molecule has 1 fully saturated rings. The lowest BCUT2D eigenvalue weighted by Gasteiger charge is -2.31. The van der Waals surface area contributed by atoms with E-state index in [1.165, 1.54) is 6.33 Å². The van der Waals surface area contributed by atoms with E-state index in [4.69, 9.17) is 14.2 Å². The molecule has 0 saturated carbocycles. The van der Waals surface area contributed by atoms with Crippen molar-refractivity contribution in [2.75, 3.05) is 50.2 Å². The van der Waals surface area contributed by atoms with Crippen LogP contribution in [0, 0.1) is 16.0 Å². The van der Waals surface area contributed by atoms with Gasteiger partial charge in [-0.25, -0.2) is 9.97 Å². The monoisotopic (exact) mass is 445 g/mol. The highest BCUT2D eigenvalue weighted by atomic mass is 16.6. The van der Waals surface area contributed by atoms with E-state index < -0.39 is 4.92 Å². The number of esters is 1. The molecule has 0 radical (unpaired) electrons. The normalized spacial score (nSPS) is 14.0. The van der Waals surface area contributed by atoms with Crippen molar-refractivity contribution in [1.29, 1.82) is 0 Å². The van der Waals surface area contributed by atoms with Crippen LogP contribution in [0.5, 0.6) is 11.5 Å². The molecule has 0 spiro atoms. The summed E-state index contributed by atoms with van der Waals surface area (Å²) in [6, 6.07) is 7.14. The predicted molar refractivity (Wildman–Crippen MR) is 117 cm³/mol. The minimum absolute atomic E-state index is 0.130. The Morgan fingerprint density at radius 3 is 2.53 bits per heavy atom. The van der Waals surface area contributed by atoms with Crippen LogP contribution in [-0.2, 0) is 9.53 Å². The van der Waals surface area contributed by atoms with Crippen LogP contribution in [0.2, 0.25) is 0 Å². The van der Waals surface area contributed by atoms with Gasteiger partial charge in [-0.3, -0.25) is 14.9 Å². The smallest absolute Gasteiger partial charge is 0.353 e. The van der Waals surface area contributed by atoms with Crippen molar-refractivity contribution < 1.29 is 23.9 Å². The van der Waals surface area contributed by atoms with Crippen LogP contribution in [0.3, 0.4) is 0 Å². The van der Waals surface area contributed by atoms with Gasteiger partial charge in [0.1, 0.15) is 24.4 Å². The Morgan fingerprint density at radius 1 is 1.22 bits per heavy atom. The number of aromatic nitrogens is 2. The van der Waals surface area contributed by atoms with Crippen molar-refractivity contribution in [3.8, 4) is 11.5 Å². The van der Waals surface area contributed by atoms with Crippen molar-refractivity contribution in [1.82, 2.24) is 9.97 Å². The third-order valence-corrected chi connectivity index (χ3v) is 5.12. The molecule has 11 heteroatoms. The van der Waals surface area contributed by atoms with Gasteiger partial charge in [-0.05, 0) is 44.0 Å². The number of carbonyl (C=O) groups is 1. The van der Waals surface area contributed by atoms with Crippen LogP contribution in [0.4, 0.5) is 17.3 Å². The fourth-order valence-corrected chi connectivity index (χ4v) is 3.50. The largest absolute Gasteiger partial charge is 0.497 e. The van der Waals surface area contributed by atoms with Crippen molar-refractivity contribution in [2.45, 2.75) is 19.8 Å². The maximum atomic E-state index is 11.9. The second-order valence-electron chi connectivity index (χ2n) is 7.12. The Kier molecular flexibility index (Phi) is 8.01. The SMILES string of the molecule is CCOC(=O)C1CCN(c2ncnc(NCCOc3ccc(OC)cc3)c2[N+](=O)[O-])CC1. The zero-order chi connectivity index (χ0) is 22.9. The van der Waals surface area contributed by atoms with Crippen molar-refractivity contribution >= 4 is 23.3 Å². The Morgan fingerprint density at radius 2 is 1.91 bits per heavy atom. The first-order chi connectivity index (χ1) is 15.5. The number of ether oxygens (including phenoxy) is 3. The molecule has 1 aliphatic heterocycles. The van der Waals surface area contributed by atoms with E-state index in [2.05, 4.69) is 15.3 Å². The van der Waals surface area contributed by atoms with Gasteiger partial charge in [-0.15, -0.1) is 0 Å². The average molecular weight is 445 g/mol. The molecule has 0 atom stereocenters. The number of nitrogens with one attached hydrogen (secondary N) is 1. The Balaban J connectivity index is 1.61. The van der Waals surface area contributed by atoms with Crippen molar-refractivity contribution in [2.24, 2.45) is 5.92 Å². The van der Waals surface area contributed by atoms with Gasteiger partial charge in [-0.1, -0.05) is 0 Å². The number of methoxy groups -OCH3 is 1. The van der Waals surface area contributed by atoms with Gasteiger partial charge in [0, 0.05) is 13.1 Å². The summed E-state index contributed by atoms with van der Waals surface area (Å²) in [7, 11) is 1.59. The first kappa shape index (κ1) is 23.0. The highest BCUT2D eigenvalue weighted by Crippen LogP contribution is 2.34. The van der Waals surface area contributed by atoms with Crippen molar-refractivity contribution in [3.05, 3.63) is 40.7 Å². The summed E-state index contributed by atoms with van der Waals surface area (Å²) in [6.07, 6.45) is 2.41. The summed E-state index contributed by atoms with van der Waals surface area (Å²) in [5.74, 6) is 1.35. The van der Waals surface area contributed by atoms with E-state index in [0.29, 0.717) is 44.8 Å². The summed E-state index contributed by atoms with van der Waals surface area (Å²) in [4.78, 5) is 33.3. The molecule has 3 rings (SSSR count). The molecular weight excluding hydrogens is 418 g/mol. The van der Waals surface area contributed by atoms with E-state index >= 15 is 0 Å². The number of nitro groups is 1. The number of hydrogen-bond acceptors (Lipinski definition) is 10. The van der Waals surface area contributed by atoms with Crippen LogP contribution in [-0.4, -0.2) is 60.8 Å². The highest BCUT2D eigenvalue weighted by Gasteiger charge is 2.32. The van der Waals surface area contributed by atoms with E-state index in [1.807, 2.05) is 4.90 Å². The summed E-state index contributed by atoms with van der Waals surface area (Å²) in [6.45, 7) is 3.66. The predicted octanol–water partition coefficient (Wildman–Crippen LogP) is 2.66. The average Bonchev–Trinajstić information content (AvgIpc) is 2.82. The fourth-order valence-electron chi connectivity index (χ4n) is 3.50. The summed E-state index contributed by atoms with van der Waals surface area (Å²) >= 11 is 0. The molecule has 1 aromatic heterocycles. The topological polar surface area (TPSA) is 129 Å². The van der Waals surface area contributed by atoms with Crippen LogP contribution < -0.4 is 19.7 Å². The maximum Gasteiger partial charge on any atom is 0.353 e. The quantitative estimate of drug-likeness (QED) is 0.252. The van der Waals surface area contributed by atoms with E-state index in [0.717, 1.165) is 5.75 Å². The fraction of sp³-hybridized carbons (Fsp3) is 0.476. The zero-order valence-corrected chi connectivity index (χ0v) is 18.2. The summed E-state index contributed by atoms with van der Waals surface area (Å²) in [5.41, 5.74) is -0.188.